The maximum atomic E-state index is 11.5. The number of urea groups is 1. The van der Waals surface area contributed by atoms with Crippen LogP contribution in [0.4, 0.5) is 4.79 Å². The molecule has 106 valence electrons. The van der Waals surface area contributed by atoms with Crippen LogP contribution in [0.3, 0.4) is 0 Å². The number of likely N-dealkylation sites (N-methyl/N-ethyl adjacent to an activating group) is 1. The SMILES string of the molecule is CCNC(=O)NC[C@H](c1ccccc1OC)N(C)C. The molecular formula is C14H23N3O2. The molecular weight excluding hydrogens is 242 g/mol. The molecule has 0 unspecified atom stereocenters. The third-order valence-corrected chi connectivity index (χ3v) is 2.91. The third-order valence-electron chi connectivity index (χ3n) is 2.91. The molecule has 1 aromatic rings. The molecule has 0 heterocycles. The van der Waals surface area contributed by atoms with Gasteiger partial charge in [0.1, 0.15) is 5.75 Å². The summed E-state index contributed by atoms with van der Waals surface area (Å²) in [4.78, 5) is 13.5. The Hall–Kier alpha value is -1.75. The van der Waals surface area contributed by atoms with E-state index in [-0.39, 0.29) is 12.1 Å². The fourth-order valence-electron chi connectivity index (χ4n) is 1.92. The van der Waals surface area contributed by atoms with Gasteiger partial charge in [0.05, 0.1) is 13.2 Å². The molecule has 2 N–H and O–H groups in total. The van der Waals surface area contributed by atoms with Crippen molar-refractivity contribution < 1.29 is 9.53 Å². The number of para-hydroxylation sites is 1. The number of hydrogen-bond acceptors (Lipinski definition) is 3. The molecule has 0 fully saturated rings. The summed E-state index contributed by atoms with van der Waals surface area (Å²) in [6.45, 7) is 3.04. The lowest BCUT2D eigenvalue weighted by Gasteiger charge is -2.26. The zero-order valence-electron chi connectivity index (χ0n) is 12.1. The fourth-order valence-corrected chi connectivity index (χ4v) is 1.92. The fraction of sp³-hybridized carbons (Fsp3) is 0.500. The minimum Gasteiger partial charge on any atom is -0.496 e. The van der Waals surface area contributed by atoms with Crippen molar-refractivity contribution in [3.8, 4) is 5.75 Å². The van der Waals surface area contributed by atoms with E-state index in [2.05, 4.69) is 15.5 Å². The molecule has 0 saturated carbocycles. The first-order chi connectivity index (χ1) is 9.10. The lowest BCUT2D eigenvalue weighted by atomic mass is 10.0. The molecule has 1 aromatic carbocycles. The summed E-state index contributed by atoms with van der Waals surface area (Å²) in [5.41, 5.74) is 1.06. The second-order valence-electron chi connectivity index (χ2n) is 4.46. The average molecular weight is 265 g/mol. The quantitative estimate of drug-likeness (QED) is 0.822. The number of hydrogen-bond donors (Lipinski definition) is 2. The van der Waals surface area contributed by atoms with Gasteiger partial charge in [0.15, 0.2) is 0 Å². The van der Waals surface area contributed by atoms with E-state index in [4.69, 9.17) is 4.74 Å². The summed E-state index contributed by atoms with van der Waals surface area (Å²) in [6, 6.07) is 7.77. The zero-order valence-corrected chi connectivity index (χ0v) is 12.1. The van der Waals surface area contributed by atoms with E-state index in [0.29, 0.717) is 13.1 Å². The minimum absolute atomic E-state index is 0.0683. The van der Waals surface area contributed by atoms with Gasteiger partial charge in [-0.1, -0.05) is 18.2 Å². The molecule has 0 bridgehead atoms. The number of carbonyl (C=O) groups is 1. The summed E-state index contributed by atoms with van der Waals surface area (Å²) in [7, 11) is 5.62. The van der Waals surface area contributed by atoms with Crippen LogP contribution < -0.4 is 15.4 Å². The van der Waals surface area contributed by atoms with Gasteiger partial charge in [-0.05, 0) is 27.1 Å². The second kappa shape index (κ2) is 7.63. The Morgan fingerprint density at radius 1 is 1.32 bits per heavy atom. The van der Waals surface area contributed by atoms with E-state index in [0.717, 1.165) is 11.3 Å². The Bertz CT molecular complexity index is 407. The number of nitrogens with zero attached hydrogens (tertiary/aromatic N) is 1. The molecule has 19 heavy (non-hydrogen) atoms. The number of amides is 2. The summed E-state index contributed by atoms with van der Waals surface area (Å²) >= 11 is 0. The predicted octanol–water partition coefficient (Wildman–Crippen LogP) is 1.62. The smallest absolute Gasteiger partial charge is 0.314 e. The number of nitrogens with one attached hydrogen (secondary N) is 2. The highest BCUT2D eigenvalue weighted by molar-refractivity contribution is 5.73. The van der Waals surface area contributed by atoms with Crippen LogP contribution in [0.25, 0.3) is 0 Å². The lowest BCUT2D eigenvalue weighted by molar-refractivity contribution is 0.232. The van der Waals surface area contributed by atoms with Gasteiger partial charge in [-0.3, -0.25) is 0 Å². The number of carbonyl (C=O) groups excluding carboxylic acids is 1. The Balaban J connectivity index is 2.80. The van der Waals surface area contributed by atoms with Gasteiger partial charge >= 0.3 is 6.03 Å². The molecule has 0 spiro atoms. The topological polar surface area (TPSA) is 53.6 Å². The largest absolute Gasteiger partial charge is 0.496 e. The normalized spacial score (nSPS) is 12.1. The third kappa shape index (κ3) is 4.44. The molecule has 0 aromatic heterocycles. The highest BCUT2D eigenvalue weighted by Crippen LogP contribution is 2.27. The molecule has 0 aliphatic heterocycles. The van der Waals surface area contributed by atoms with E-state index >= 15 is 0 Å². The van der Waals surface area contributed by atoms with Crippen molar-refractivity contribution in [1.82, 2.24) is 15.5 Å². The Kier molecular flexibility index (Phi) is 6.15. The van der Waals surface area contributed by atoms with Crippen LogP contribution in [-0.4, -0.2) is 45.2 Å². The first-order valence-electron chi connectivity index (χ1n) is 6.41. The van der Waals surface area contributed by atoms with Crippen molar-refractivity contribution in [2.45, 2.75) is 13.0 Å². The van der Waals surface area contributed by atoms with Crippen LogP contribution in [0.1, 0.15) is 18.5 Å². The lowest BCUT2D eigenvalue weighted by Crippen LogP contribution is -2.40. The van der Waals surface area contributed by atoms with Gasteiger partial charge in [-0.2, -0.15) is 0 Å². The Morgan fingerprint density at radius 3 is 2.58 bits per heavy atom. The first kappa shape index (κ1) is 15.3. The van der Waals surface area contributed by atoms with E-state index in [1.165, 1.54) is 0 Å². The van der Waals surface area contributed by atoms with Crippen molar-refractivity contribution in [2.75, 3.05) is 34.3 Å². The maximum Gasteiger partial charge on any atom is 0.314 e. The molecule has 0 radical (unpaired) electrons. The number of methoxy groups -OCH3 is 1. The van der Waals surface area contributed by atoms with Gasteiger partial charge in [-0.15, -0.1) is 0 Å². The van der Waals surface area contributed by atoms with E-state index in [1.54, 1.807) is 7.11 Å². The van der Waals surface area contributed by atoms with Gasteiger partial charge in [0.2, 0.25) is 0 Å². The number of benzene rings is 1. The summed E-state index contributed by atoms with van der Waals surface area (Å²) in [5, 5.41) is 5.59. The van der Waals surface area contributed by atoms with Gasteiger partial charge in [0, 0.05) is 18.7 Å². The van der Waals surface area contributed by atoms with Crippen molar-refractivity contribution in [1.29, 1.82) is 0 Å². The molecule has 0 aliphatic rings. The van der Waals surface area contributed by atoms with Crippen LogP contribution in [-0.2, 0) is 0 Å². The highest BCUT2D eigenvalue weighted by Gasteiger charge is 2.18. The van der Waals surface area contributed by atoms with Crippen LogP contribution in [0, 0.1) is 0 Å². The van der Waals surface area contributed by atoms with E-state index < -0.39 is 0 Å². The van der Waals surface area contributed by atoms with Crippen molar-refractivity contribution in [3.05, 3.63) is 29.8 Å². The van der Waals surface area contributed by atoms with Crippen molar-refractivity contribution >= 4 is 6.03 Å². The summed E-state index contributed by atoms with van der Waals surface area (Å²) in [6.07, 6.45) is 0. The van der Waals surface area contributed by atoms with Crippen molar-refractivity contribution in [2.24, 2.45) is 0 Å². The highest BCUT2D eigenvalue weighted by atomic mass is 16.5. The Morgan fingerprint density at radius 2 is 2.00 bits per heavy atom. The molecule has 0 saturated heterocycles. The van der Waals surface area contributed by atoms with E-state index in [1.807, 2.05) is 45.3 Å². The maximum absolute atomic E-state index is 11.5. The summed E-state index contributed by atoms with van der Waals surface area (Å²) < 4.78 is 5.38. The zero-order chi connectivity index (χ0) is 14.3. The monoisotopic (exact) mass is 265 g/mol. The molecule has 5 heteroatoms. The van der Waals surface area contributed by atoms with Gasteiger partial charge < -0.3 is 20.3 Å². The molecule has 0 aliphatic carbocycles. The molecule has 1 rings (SSSR count). The number of ether oxygens (including phenoxy) is 1. The number of rotatable bonds is 6. The van der Waals surface area contributed by atoms with Gasteiger partial charge in [0.25, 0.3) is 0 Å². The molecule has 2 amide bonds. The predicted molar refractivity (Wildman–Crippen MR) is 76.5 cm³/mol. The molecule has 5 nitrogen and oxygen atoms in total. The van der Waals surface area contributed by atoms with Crippen LogP contribution >= 0.6 is 0 Å². The molecule has 1 atom stereocenters. The Labute approximate surface area is 114 Å². The first-order valence-corrected chi connectivity index (χ1v) is 6.41. The van der Waals surface area contributed by atoms with Gasteiger partial charge in [-0.25, -0.2) is 4.79 Å². The summed E-state index contributed by atoms with van der Waals surface area (Å²) in [5.74, 6) is 0.832. The van der Waals surface area contributed by atoms with Crippen LogP contribution in [0.5, 0.6) is 5.75 Å². The van der Waals surface area contributed by atoms with Crippen LogP contribution in [0.2, 0.25) is 0 Å². The van der Waals surface area contributed by atoms with Crippen molar-refractivity contribution in [3.63, 3.8) is 0 Å². The average Bonchev–Trinajstić information content (AvgIpc) is 2.39. The standard InChI is InChI=1S/C14H23N3O2/c1-5-15-14(18)16-10-12(17(2)3)11-8-6-7-9-13(11)19-4/h6-9,12H,5,10H2,1-4H3,(H2,15,16,18)/t12-/m1/s1. The minimum atomic E-state index is -0.149. The van der Waals surface area contributed by atoms with Crippen LogP contribution in [0.15, 0.2) is 24.3 Å². The van der Waals surface area contributed by atoms with E-state index in [9.17, 15) is 4.79 Å². The second-order valence-corrected chi connectivity index (χ2v) is 4.46.